The van der Waals surface area contributed by atoms with Crippen molar-refractivity contribution in [2.24, 2.45) is 0 Å². The fourth-order valence-electron chi connectivity index (χ4n) is 3.47. The van der Waals surface area contributed by atoms with Crippen molar-refractivity contribution in [1.29, 1.82) is 0 Å². The molecule has 2 heterocycles. The van der Waals surface area contributed by atoms with Crippen LogP contribution >= 0.6 is 22.9 Å². The van der Waals surface area contributed by atoms with Crippen LogP contribution in [0, 0.1) is 0 Å². The summed E-state index contributed by atoms with van der Waals surface area (Å²) in [5.74, 6) is 0.0725. The number of fused-ring (bicyclic) bond motifs is 1. The number of ether oxygens (including phenoxy) is 1. The zero-order chi connectivity index (χ0) is 20.1. The number of hydrogen-bond donors (Lipinski definition) is 0. The van der Waals surface area contributed by atoms with Gasteiger partial charge < -0.3 is 4.74 Å². The Kier molecular flexibility index (Phi) is 6.77. The molecule has 0 N–H and O–H groups in total. The van der Waals surface area contributed by atoms with Crippen LogP contribution in [0.3, 0.4) is 0 Å². The van der Waals surface area contributed by atoms with Gasteiger partial charge in [-0.25, -0.2) is 4.98 Å². The van der Waals surface area contributed by atoms with Crippen molar-refractivity contribution in [2.75, 3.05) is 44.3 Å². The fraction of sp³-hybridized carbons (Fsp3) is 0.364. The second-order valence-corrected chi connectivity index (χ2v) is 8.57. The van der Waals surface area contributed by atoms with E-state index < -0.39 is 0 Å². The largest absolute Gasteiger partial charge is 0.379 e. The fourth-order valence-corrected chi connectivity index (χ4v) is 4.76. The molecule has 0 bridgehead atoms. The standard InChI is InChI=1S/C22H24ClN3O2S/c23-18-7-8-19-20(16-18)29-22(24-19)26(10-4-9-25-11-13-28-14-12-25)21(27)15-17-5-2-1-3-6-17/h1-3,5-8,16H,4,9-15H2. The average molecular weight is 430 g/mol. The predicted octanol–water partition coefficient (Wildman–Crippen LogP) is 4.25. The van der Waals surface area contributed by atoms with E-state index in [9.17, 15) is 4.79 Å². The van der Waals surface area contributed by atoms with Gasteiger partial charge in [0.25, 0.3) is 0 Å². The Morgan fingerprint density at radius 1 is 1.17 bits per heavy atom. The van der Waals surface area contributed by atoms with Crippen LogP contribution in [0.25, 0.3) is 10.2 Å². The maximum Gasteiger partial charge on any atom is 0.233 e. The second kappa shape index (κ2) is 9.67. The van der Waals surface area contributed by atoms with Crippen LogP contribution < -0.4 is 4.90 Å². The zero-order valence-corrected chi connectivity index (χ0v) is 17.8. The molecule has 1 aromatic heterocycles. The van der Waals surface area contributed by atoms with Crippen molar-refractivity contribution in [2.45, 2.75) is 12.8 Å². The highest BCUT2D eigenvalue weighted by molar-refractivity contribution is 7.22. The van der Waals surface area contributed by atoms with Gasteiger partial charge in [0.2, 0.25) is 5.91 Å². The maximum absolute atomic E-state index is 13.2. The van der Waals surface area contributed by atoms with E-state index in [1.54, 1.807) is 0 Å². The summed E-state index contributed by atoms with van der Waals surface area (Å²) in [5.41, 5.74) is 1.89. The van der Waals surface area contributed by atoms with Gasteiger partial charge >= 0.3 is 0 Å². The highest BCUT2D eigenvalue weighted by Gasteiger charge is 2.21. The minimum atomic E-state index is 0.0725. The lowest BCUT2D eigenvalue weighted by Crippen LogP contribution is -2.39. The quantitative estimate of drug-likeness (QED) is 0.563. The van der Waals surface area contributed by atoms with Gasteiger partial charge in [0, 0.05) is 31.2 Å². The SMILES string of the molecule is O=C(Cc1ccccc1)N(CCCN1CCOCC1)c1nc2ccc(Cl)cc2s1. The van der Waals surface area contributed by atoms with Gasteiger partial charge in [0.15, 0.2) is 5.13 Å². The number of morpholine rings is 1. The number of thiazole rings is 1. The second-order valence-electron chi connectivity index (χ2n) is 7.12. The molecular formula is C22H24ClN3O2S. The van der Waals surface area contributed by atoms with Crippen molar-refractivity contribution in [1.82, 2.24) is 9.88 Å². The summed E-state index contributed by atoms with van der Waals surface area (Å²) in [7, 11) is 0. The third-order valence-corrected chi connectivity index (χ3v) is 6.31. The Bertz CT molecular complexity index is 957. The minimum absolute atomic E-state index is 0.0725. The topological polar surface area (TPSA) is 45.7 Å². The lowest BCUT2D eigenvalue weighted by molar-refractivity contribution is -0.118. The van der Waals surface area contributed by atoms with E-state index in [4.69, 9.17) is 21.3 Å². The van der Waals surface area contributed by atoms with Gasteiger partial charge in [-0.05, 0) is 30.2 Å². The van der Waals surface area contributed by atoms with Crippen molar-refractivity contribution < 1.29 is 9.53 Å². The van der Waals surface area contributed by atoms with Crippen molar-refractivity contribution >= 4 is 44.2 Å². The number of carbonyl (C=O) groups excluding carboxylic acids is 1. The maximum atomic E-state index is 13.2. The first-order valence-electron chi connectivity index (χ1n) is 9.89. The molecule has 29 heavy (non-hydrogen) atoms. The average Bonchev–Trinajstić information content (AvgIpc) is 3.15. The van der Waals surface area contributed by atoms with Crippen LogP contribution in [0.4, 0.5) is 5.13 Å². The van der Waals surface area contributed by atoms with E-state index in [1.807, 2.05) is 53.4 Å². The number of carbonyl (C=O) groups is 1. The number of amides is 1. The van der Waals surface area contributed by atoms with Crippen LogP contribution in [0.2, 0.25) is 5.02 Å². The van der Waals surface area contributed by atoms with Crippen LogP contribution in [-0.4, -0.2) is 55.2 Å². The summed E-state index contributed by atoms with van der Waals surface area (Å²) in [4.78, 5) is 22.1. The summed E-state index contributed by atoms with van der Waals surface area (Å²) in [5, 5.41) is 1.42. The summed E-state index contributed by atoms with van der Waals surface area (Å²) >= 11 is 7.65. The molecular weight excluding hydrogens is 406 g/mol. The number of benzene rings is 2. The Balaban J connectivity index is 1.51. The third kappa shape index (κ3) is 5.34. The van der Waals surface area contributed by atoms with Gasteiger partial charge in [-0.3, -0.25) is 14.6 Å². The molecule has 2 aromatic carbocycles. The van der Waals surface area contributed by atoms with E-state index in [-0.39, 0.29) is 5.91 Å². The minimum Gasteiger partial charge on any atom is -0.379 e. The molecule has 0 unspecified atom stereocenters. The number of rotatable bonds is 7. The van der Waals surface area contributed by atoms with Crippen LogP contribution in [0.15, 0.2) is 48.5 Å². The van der Waals surface area contributed by atoms with E-state index >= 15 is 0 Å². The molecule has 7 heteroatoms. The molecule has 0 atom stereocenters. The molecule has 1 amide bonds. The number of hydrogen-bond acceptors (Lipinski definition) is 5. The number of anilines is 1. The summed E-state index contributed by atoms with van der Waals surface area (Å²) in [6.07, 6.45) is 1.27. The molecule has 3 aromatic rings. The van der Waals surface area contributed by atoms with E-state index in [1.165, 1.54) is 11.3 Å². The first-order valence-corrected chi connectivity index (χ1v) is 11.1. The molecule has 0 aliphatic carbocycles. The van der Waals surface area contributed by atoms with Gasteiger partial charge in [-0.2, -0.15) is 0 Å². The Hall–Kier alpha value is -1.99. The smallest absolute Gasteiger partial charge is 0.233 e. The molecule has 0 saturated carbocycles. The molecule has 0 radical (unpaired) electrons. The number of halogens is 1. The van der Waals surface area contributed by atoms with Gasteiger partial charge in [0.05, 0.1) is 29.9 Å². The molecule has 152 valence electrons. The summed E-state index contributed by atoms with van der Waals surface area (Å²) < 4.78 is 6.42. The Labute approximate surface area is 179 Å². The molecule has 1 aliphatic rings. The lowest BCUT2D eigenvalue weighted by atomic mass is 10.1. The normalized spacial score (nSPS) is 14.9. The molecule has 1 saturated heterocycles. The summed E-state index contributed by atoms with van der Waals surface area (Å²) in [6.45, 7) is 5.09. The zero-order valence-electron chi connectivity index (χ0n) is 16.2. The van der Waals surface area contributed by atoms with Crippen LogP contribution in [0.5, 0.6) is 0 Å². The highest BCUT2D eigenvalue weighted by atomic mass is 35.5. The van der Waals surface area contributed by atoms with Crippen molar-refractivity contribution in [3.8, 4) is 0 Å². The molecule has 0 spiro atoms. The highest BCUT2D eigenvalue weighted by Crippen LogP contribution is 2.31. The molecule has 1 aliphatic heterocycles. The van der Waals surface area contributed by atoms with Gasteiger partial charge in [-0.15, -0.1) is 0 Å². The third-order valence-electron chi connectivity index (χ3n) is 5.03. The van der Waals surface area contributed by atoms with Crippen LogP contribution in [-0.2, 0) is 16.0 Å². The van der Waals surface area contributed by atoms with Gasteiger partial charge in [0.1, 0.15) is 0 Å². The molecule has 5 nitrogen and oxygen atoms in total. The predicted molar refractivity (Wildman–Crippen MR) is 119 cm³/mol. The molecule has 4 rings (SSSR count). The monoisotopic (exact) mass is 429 g/mol. The summed E-state index contributed by atoms with van der Waals surface area (Å²) in [6, 6.07) is 15.5. The first kappa shape index (κ1) is 20.3. The van der Waals surface area contributed by atoms with Gasteiger partial charge in [-0.1, -0.05) is 53.3 Å². The molecule has 1 fully saturated rings. The Morgan fingerprint density at radius 2 is 1.97 bits per heavy atom. The Morgan fingerprint density at radius 3 is 2.76 bits per heavy atom. The van der Waals surface area contributed by atoms with Crippen LogP contribution in [0.1, 0.15) is 12.0 Å². The van der Waals surface area contributed by atoms with Crippen molar-refractivity contribution in [3.63, 3.8) is 0 Å². The van der Waals surface area contributed by atoms with E-state index in [2.05, 4.69) is 4.90 Å². The number of aromatic nitrogens is 1. The lowest BCUT2D eigenvalue weighted by Gasteiger charge is -2.27. The number of nitrogens with zero attached hydrogens (tertiary/aromatic N) is 3. The van der Waals surface area contributed by atoms with Crippen molar-refractivity contribution in [3.05, 3.63) is 59.1 Å². The van der Waals surface area contributed by atoms with E-state index in [0.29, 0.717) is 18.0 Å². The van der Waals surface area contributed by atoms with E-state index in [0.717, 1.165) is 60.2 Å². The first-order chi connectivity index (χ1) is 14.2.